The summed E-state index contributed by atoms with van der Waals surface area (Å²) in [7, 11) is 0. The quantitative estimate of drug-likeness (QED) is 0.0391. The number of nitriles is 2. The van der Waals surface area contributed by atoms with Gasteiger partial charge in [0.2, 0.25) is 0 Å². The Labute approximate surface area is 435 Å². The first kappa shape index (κ1) is 56.8. The standard InChI is InChI=1S/C56H76N2O12S2/c1-6-46(59)65-28-8-10-30-67-51(61)39-20-12-35(13-21-39)37-16-24-41(25-17-37)53(63)69-45-32-44(56(3,4)5)48(50-49(45)71-55(72-50)43(33-57)34-58)70-54(64)42-26-18-38(19-27-42)36-14-22-40(23-15-36)52(62)68-31-11-9-29-66-47(60)7-2/h32,35-42H,6-31H2,1-5H3. The molecule has 4 fully saturated rings. The number of allylic oxidation sites excluding steroid dienone is 1. The van der Waals surface area contributed by atoms with Crippen LogP contribution in [0, 0.1) is 70.0 Å². The number of esters is 6. The van der Waals surface area contributed by atoms with E-state index in [1.807, 2.05) is 39.0 Å². The lowest BCUT2D eigenvalue weighted by Gasteiger charge is -2.37. The van der Waals surface area contributed by atoms with Crippen molar-refractivity contribution in [3.05, 3.63) is 21.4 Å². The lowest BCUT2D eigenvalue weighted by Crippen LogP contribution is -2.32. The molecule has 1 aliphatic heterocycles. The fraction of sp³-hybridized carbons (Fsp3) is 0.714. The van der Waals surface area contributed by atoms with Gasteiger partial charge in [0.05, 0.1) is 64.1 Å². The molecule has 16 heteroatoms. The van der Waals surface area contributed by atoms with E-state index in [2.05, 4.69) is 0 Å². The molecule has 4 aliphatic carbocycles. The van der Waals surface area contributed by atoms with Crippen LogP contribution in [0.1, 0.15) is 181 Å². The third-order valence-electron chi connectivity index (χ3n) is 15.6. The zero-order chi connectivity index (χ0) is 51.8. The summed E-state index contributed by atoms with van der Waals surface area (Å²) in [6, 6.07) is 5.81. The van der Waals surface area contributed by atoms with Crippen molar-refractivity contribution in [2.45, 2.75) is 191 Å². The Morgan fingerprint density at radius 1 is 0.514 bits per heavy atom. The number of ether oxygens (including phenoxy) is 6. The second kappa shape index (κ2) is 27.7. The van der Waals surface area contributed by atoms with Crippen molar-refractivity contribution in [1.82, 2.24) is 0 Å². The molecule has 1 aromatic carbocycles. The van der Waals surface area contributed by atoms with E-state index in [1.54, 1.807) is 13.8 Å². The van der Waals surface area contributed by atoms with E-state index in [1.165, 1.54) is 23.5 Å². The Kier molecular flexibility index (Phi) is 21.8. The van der Waals surface area contributed by atoms with Gasteiger partial charge in [0, 0.05) is 18.4 Å². The number of hydrogen-bond acceptors (Lipinski definition) is 16. The van der Waals surface area contributed by atoms with Crippen molar-refractivity contribution >= 4 is 59.3 Å². The molecule has 0 radical (unpaired) electrons. The number of carbonyl (C=O) groups is 6. The number of carbonyl (C=O) groups excluding carboxylic acids is 6. The molecule has 14 nitrogen and oxygen atoms in total. The maximum Gasteiger partial charge on any atom is 0.314 e. The Morgan fingerprint density at radius 2 is 0.861 bits per heavy atom. The molecule has 1 aromatic rings. The molecule has 6 rings (SSSR count). The van der Waals surface area contributed by atoms with Crippen LogP contribution >= 0.6 is 23.5 Å². The van der Waals surface area contributed by atoms with Crippen molar-refractivity contribution < 1.29 is 57.2 Å². The van der Waals surface area contributed by atoms with E-state index in [9.17, 15) is 39.3 Å². The summed E-state index contributed by atoms with van der Waals surface area (Å²) < 4.78 is 34.5. The Balaban J connectivity index is 1.00. The van der Waals surface area contributed by atoms with Crippen LogP contribution in [0.5, 0.6) is 11.5 Å². The van der Waals surface area contributed by atoms with Crippen molar-refractivity contribution in [3.63, 3.8) is 0 Å². The normalized spacial score (nSPS) is 25.1. The molecule has 1 heterocycles. The van der Waals surface area contributed by atoms with E-state index < -0.39 is 5.41 Å². The molecule has 0 amide bonds. The van der Waals surface area contributed by atoms with Gasteiger partial charge in [0.15, 0.2) is 0 Å². The number of unbranched alkanes of at least 4 members (excludes halogenated alkanes) is 2. The summed E-state index contributed by atoms with van der Waals surface area (Å²) in [5, 5.41) is 19.8. The first-order chi connectivity index (χ1) is 34.6. The second-order valence-electron chi connectivity index (χ2n) is 21.4. The highest BCUT2D eigenvalue weighted by atomic mass is 32.2. The average molecular weight is 1030 g/mol. The fourth-order valence-electron chi connectivity index (χ4n) is 11.2. The van der Waals surface area contributed by atoms with Crippen LogP contribution in [0.3, 0.4) is 0 Å². The predicted octanol–water partition coefficient (Wildman–Crippen LogP) is 12.0. The summed E-state index contributed by atoms with van der Waals surface area (Å²) in [5.41, 5.74) is 0.0968. The molecule has 4 saturated carbocycles. The van der Waals surface area contributed by atoms with Gasteiger partial charge in [0.1, 0.15) is 29.2 Å². The number of fused-ring (bicyclic) bond motifs is 1. The minimum absolute atomic E-state index is 0.0618. The zero-order valence-corrected chi connectivity index (χ0v) is 44.8. The molecule has 0 atom stereocenters. The van der Waals surface area contributed by atoms with Crippen LogP contribution in [0.4, 0.5) is 0 Å². The summed E-state index contributed by atoms with van der Waals surface area (Å²) in [5.74, 6) is 0.512. The third kappa shape index (κ3) is 15.7. The van der Waals surface area contributed by atoms with E-state index in [4.69, 9.17) is 28.4 Å². The molecule has 394 valence electrons. The molecule has 72 heavy (non-hydrogen) atoms. The smallest absolute Gasteiger partial charge is 0.314 e. The van der Waals surface area contributed by atoms with Crippen molar-refractivity contribution in [3.8, 4) is 23.6 Å². The molecule has 0 aromatic heterocycles. The highest BCUT2D eigenvalue weighted by Crippen LogP contribution is 2.61. The maximum absolute atomic E-state index is 14.2. The number of nitrogens with zero attached hydrogens (tertiary/aromatic N) is 2. The number of rotatable bonds is 20. The largest absolute Gasteiger partial charge is 0.466 e. The van der Waals surface area contributed by atoms with E-state index >= 15 is 0 Å². The van der Waals surface area contributed by atoms with Crippen molar-refractivity contribution in [2.75, 3.05) is 26.4 Å². The monoisotopic (exact) mass is 1030 g/mol. The zero-order valence-electron chi connectivity index (χ0n) is 43.2. The summed E-state index contributed by atoms with van der Waals surface area (Å²) in [6.45, 7) is 10.9. The number of benzene rings is 1. The van der Waals surface area contributed by atoms with Crippen molar-refractivity contribution in [2.24, 2.45) is 47.3 Å². The van der Waals surface area contributed by atoms with Crippen LogP contribution in [-0.2, 0) is 53.1 Å². The van der Waals surface area contributed by atoms with Gasteiger partial charge in [-0.15, -0.1) is 0 Å². The lowest BCUT2D eigenvalue weighted by molar-refractivity contribution is -0.151. The van der Waals surface area contributed by atoms with Gasteiger partial charge >= 0.3 is 35.8 Å². The second-order valence-corrected chi connectivity index (χ2v) is 23.7. The third-order valence-corrected chi connectivity index (χ3v) is 18.2. The Hall–Kier alpha value is -4.54. The van der Waals surface area contributed by atoms with Gasteiger partial charge in [-0.3, -0.25) is 28.8 Å². The molecular weight excluding hydrogens is 957 g/mol. The van der Waals surface area contributed by atoms with Crippen LogP contribution in [0.25, 0.3) is 0 Å². The molecule has 0 N–H and O–H groups in total. The van der Waals surface area contributed by atoms with Gasteiger partial charge in [-0.2, -0.15) is 10.5 Å². The van der Waals surface area contributed by atoms with Gasteiger partial charge < -0.3 is 28.4 Å². The molecule has 0 unspecified atom stereocenters. The summed E-state index contributed by atoms with van der Waals surface area (Å²) in [4.78, 5) is 77.5. The lowest BCUT2D eigenvalue weighted by atomic mass is 9.69. The maximum atomic E-state index is 14.2. The van der Waals surface area contributed by atoms with E-state index in [-0.39, 0.29) is 65.1 Å². The molecular formula is C56H76N2O12S2. The van der Waals surface area contributed by atoms with Gasteiger partial charge in [-0.25, -0.2) is 0 Å². The molecule has 0 saturated heterocycles. The average Bonchev–Trinajstić information content (AvgIpc) is 3.84. The van der Waals surface area contributed by atoms with Crippen LogP contribution in [0.15, 0.2) is 25.7 Å². The summed E-state index contributed by atoms with van der Waals surface area (Å²) in [6.07, 6.45) is 16.7. The molecule has 0 bridgehead atoms. The first-order valence-corrected chi connectivity index (χ1v) is 28.5. The minimum Gasteiger partial charge on any atom is -0.466 e. The minimum atomic E-state index is -0.537. The molecule has 0 spiro atoms. The number of thioether (sulfide) groups is 2. The SMILES string of the molecule is CCC(=O)OCCCCOC(=O)C1CCC(C2CCC(C(=O)Oc3cc(C(C)(C)C)c(OC(=O)C4CCC(C5CCC(C(=O)OCCCCOC(=O)CC)CC5)CC4)c4c3SC(=C(C#N)C#N)S4)CC2)CC1. The van der Waals surface area contributed by atoms with Crippen molar-refractivity contribution in [1.29, 1.82) is 10.5 Å². The van der Waals surface area contributed by atoms with Crippen LogP contribution < -0.4 is 9.47 Å². The highest BCUT2D eigenvalue weighted by Gasteiger charge is 2.40. The highest BCUT2D eigenvalue weighted by molar-refractivity contribution is 8.24. The van der Waals surface area contributed by atoms with E-state index in [0.717, 1.165) is 77.0 Å². The Bertz CT molecular complexity index is 2180. The first-order valence-electron chi connectivity index (χ1n) is 26.8. The van der Waals surface area contributed by atoms with Gasteiger partial charge in [-0.05, 0) is 164 Å². The van der Waals surface area contributed by atoms with Crippen LogP contribution in [0.2, 0.25) is 0 Å². The topological polar surface area (TPSA) is 205 Å². The summed E-state index contributed by atoms with van der Waals surface area (Å²) >= 11 is 2.40. The fourth-order valence-corrected chi connectivity index (χ4v) is 13.7. The number of hydrogen-bond donors (Lipinski definition) is 0. The van der Waals surface area contributed by atoms with Gasteiger partial charge in [0.25, 0.3) is 0 Å². The van der Waals surface area contributed by atoms with Crippen LogP contribution in [-0.4, -0.2) is 62.2 Å². The van der Waals surface area contributed by atoms with Gasteiger partial charge in [-0.1, -0.05) is 58.1 Å². The molecule has 5 aliphatic rings. The van der Waals surface area contributed by atoms with E-state index in [0.29, 0.717) is 145 Å². The predicted molar refractivity (Wildman–Crippen MR) is 271 cm³/mol. The Morgan fingerprint density at radius 3 is 1.22 bits per heavy atom.